The van der Waals surface area contributed by atoms with Crippen LogP contribution in [0.1, 0.15) is 18.4 Å². The van der Waals surface area contributed by atoms with Crippen molar-refractivity contribution in [3.8, 4) is 5.75 Å². The molecule has 2 rings (SSSR count). The molecule has 1 amide bonds. The molecule has 0 spiro atoms. The molecule has 14 heavy (non-hydrogen) atoms. The molecular weight excluding hydrogens is 178 g/mol. The lowest BCUT2D eigenvalue weighted by atomic mass is 10.2. The lowest BCUT2D eigenvalue weighted by molar-refractivity contribution is -0.128. The third-order valence-electron chi connectivity index (χ3n) is 2.52. The Kier molecular flexibility index (Phi) is 2.39. The third kappa shape index (κ3) is 1.71. The average molecular weight is 191 g/mol. The van der Waals surface area contributed by atoms with E-state index >= 15 is 0 Å². The van der Waals surface area contributed by atoms with Crippen LogP contribution < -0.4 is 0 Å². The number of likely N-dealkylation sites (tertiary alicyclic amines) is 1. The van der Waals surface area contributed by atoms with E-state index in [1.807, 2.05) is 12.1 Å². The van der Waals surface area contributed by atoms with Crippen LogP contribution in [0.2, 0.25) is 0 Å². The van der Waals surface area contributed by atoms with Crippen molar-refractivity contribution in [3.05, 3.63) is 29.8 Å². The van der Waals surface area contributed by atoms with Crippen molar-refractivity contribution in [1.82, 2.24) is 4.90 Å². The van der Waals surface area contributed by atoms with Gasteiger partial charge in [-0.15, -0.1) is 0 Å². The fraction of sp³-hybridized carbons (Fsp3) is 0.364. The number of para-hydroxylation sites is 1. The van der Waals surface area contributed by atoms with Crippen LogP contribution in [0.4, 0.5) is 0 Å². The number of amides is 1. The van der Waals surface area contributed by atoms with Crippen LogP contribution in [0.25, 0.3) is 0 Å². The summed E-state index contributed by atoms with van der Waals surface area (Å²) >= 11 is 0. The van der Waals surface area contributed by atoms with E-state index in [9.17, 15) is 9.90 Å². The van der Waals surface area contributed by atoms with Crippen molar-refractivity contribution in [1.29, 1.82) is 0 Å². The molecule has 1 saturated heterocycles. The fourth-order valence-electron chi connectivity index (χ4n) is 1.72. The van der Waals surface area contributed by atoms with Crippen molar-refractivity contribution >= 4 is 5.91 Å². The van der Waals surface area contributed by atoms with Crippen molar-refractivity contribution < 1.29 is 9.90 Å². The quantitative estimate of drug-likeness (QED) is 0.769. The lowest BCUT2D eigenvalue weighted by Crippen LogP contribution is -2.23. The van der Waals surface area contributed by atoms with E-state index < -0.39 is 0 Å². The number of phenols is 1. The number of phenolic OH excluding ortho intramolecular Hbond substituents is 1. The molecule has 0 bridgehead atoms. The predicted octanol–water partition coefficient (Wildman–Crippen LogP) is 1.51. The number of hydrogen-bond donors (Lipinski definition) is 1. The number of rotatable bonds is 2. The maximum absolute atomic E-state index is 11.3. The molecule has 1 aromatic rings. The number of nitrogens with zero attached hydrogens (tertiary/aromatic N) is 1. The van der Waals surface area contributed by atoms with Gasteiger partial charge in [0, 0.05) is 25.1 Å². The first-order valence-electron chi connectivity index (χ1n) is 4.82. The number of hydrogen-bond acceptors (Lipinski definition) is 2. The van der Waals surface area contributed by atoms with Gasteiger partial charge in [0.15, 0.2) is 0 Å². The van der Waals surface area contributed by atoms with Crippen molar-refractivity contribution in [2.75, 3.05) is 6.54 Å². The first-order chi connectivity index (χ1) is 6.77. The van der Waals surface area contributed by atoms with Crippen molar-refractivity contribution in [2.24, 2.45) is 0 Å². The zero-order chi connectivity index (χ0) is 9.97. The van der Waals surface area contributed by atoms with Gasteiger partial charge in [0.1, 0.15) is 5.75 Å². The molecule has 0 radical (unpaired) electrons. The Morgan fingerprint density at radius 3 is 2.79 bits per heavy atom. The molecule has 0 aromatic heterocycles. The molecule has 0 saturated carbocycles. The van der Waals surface area contributed by atoms with Gasteiger partial charge in [0.05, 0.1) is 0 Å². The standard InChI is InChI=1S/C11H13NO2/c13-10-5-2-1-4-9(10)8-12-7-3-6-11(12)14/h1-2,4-5,13H,3,6-8H2. The van der Waals surface area contributed by atoms with Crippen LogP contribution in [-0.4, -0.2) is 22.5 Å². The highest BCUT2D eigenvalue weighted by molar-refractivity contribution is 5.78. The Labute approximate surface area is 83.0 Å². The molecule has 1 aromatic carbocycles. The molecule has 1 N–H and O–H groups in total. The normalized spacial score (nSPS) is 16.3. The summed E-state index contributed by atoms with van der Waals surface area (Å²) < 4.78 is 0. The maximum Gasteiger partial charge on any atom is 0.222 e. The number of aromatic hydroxyl groups is 1. The first kappa shape index (κ1) is 9.06. The summed E-state index contributed by atoms with van der Waals surface area (Å²) in [7, 11) is 0. The zero-order valence-electron chi connectivity index (χ0n) is 7.94. The van der Waals surface area contributed by atoms with Gasteiger partial charge in [-0.2, -0.15) is 0 Å². The van der Waals surface area contributed by atoms with Crippen molar-refractivity contribution in [2.45, 2.75) is 19.4 Å². The third-order valence-corrected chi connectivity index (χ3v) is 2.52. The Balaban J connectivity index is 2.10. The smallest absolute Gasteiger partial charge is 0.222 e. The van der Waals surface area contributed by atoms with E-state index in [0.717, 1.165) is 18.5 Å². The second kappa shape index (κ2) is 3.70. The monoisotopic (exact) mass is 191 g/mol. The topological polar surface area (TPSA) is 40.5 Å². The highest BCUT2D eigenvalue weighted by atomic mass is 16.3. The SMILES string of the molecule is O=C1CCCN1Cc1ccccc1O. The van der Waals surface area contributed by atoms with Gasteiger partial charge in [-0.25, -0.2) is 0 Å². The zero-order valence-corrected chi connectivity index (χ0v) is 7.94. The van der Waals surface area contributed by atoms with Crippen LogP contribution in [0.3, 0.4) is 0 Å². The fourth-order valence-corrected chi connectivity index (χ4v) is 1.72. The molecule has 3 heteroatoms. The number of benzene rings is 1. The van der Waals surface area contributed by atoms with Gasteiger partial charge >= 0.3 is 0 Å². The average Bonchev–Trinajstić information content (AvgIpc) is 2.56. The van der Waals surface area contributed by atoms with Crippen LogP contribution in [0.5, 0.6) is 5.75 Å². The molecule has 0 aliphatic carbocycles. The second-order valence-corrected chi connectivity index (χ2v) is 3.55. The highest BCUT2D eigenvalue weighted by Crippen LogP contribution is 2.20. The molecule has 1 heterocycles. The van der Waals surface area contributed by atoms with E-state index in [-0.39, 0.29) is 11.7 Å². The molecule has 1 aliphatic rings. The number of carbonyl (C=O) groups excluding carboxylic acids is 1. The summed E-state index contributed by atoms with van der Waals surface area (Å²) in [6.07, 6.45) is 1.58. The summed E-state index contributed by atoms with van der Waals surface area (Å²) in [6, 6.07) is 7.15. The minimum atomic E-state index is 0.188. The van der Waals surface area contributed by atoms with Crippen LogP contribution in [0, 0.1) is 0 Å². The van der Waals surface area contributed by atoms with Gasteiger partial charge < -0.3 is 10.0 Å². The molecule has 3 nitrogen and oxygen atoms in total. The van der Waals surface area contributed by atoms with Gasteiger partial charge in [-0.05, 0) is 12.5 Å². The minimum absolute atomic E-state index is 0.188. The van der Waals surface area contributed by atoms with E-state index in [1.54, 1.807) is 17.0 Å². The molecule has 74 valence electrons. The van der Waals surface area contributed by atoms with E-state index in [2.05, 4.69) is 0 Å². The Bertz CT molecular complexity index is 349. The molecular formula is C11H13NO2. The highest BCUT2D eigenvalue weighted by Gasteiger charge is 2.20. The summed E-state index contributed by atoms with van der Waals surface area (Å²) in [5, 5.41) is 9.52. The Morgan fingerprint density at radius 1 is 1.36 bits per heavy atom. The van der Waals surface area contributed by atoms with Gasteiger partial charge in [-0.3, -0.25) is 4.79 Å². The van der Waals surface area contributed by atoms with Gasteiger partial charge in [0.25, 0.3) is 0 Å². The van der Waals surface area contributed by atoms with E-state index in [1.165, 1.54) is 0 Å². The van der Waals surface area contributed by atoms with Crippen LogP contribution >= 0.6 is 0 Å². The predicted molar refractivity (Wildman–Crippen MR) is 52.8 cm³/mol. The number of carbonyl (C=O) groups is 1. The van der Waals surface area contributed by atoms with Crippen LogP contribution in [0.15, 0.2) is 24.3 Å². The van der Waals surface area contributed by atoms with E-state index in [4.69, 9.17) is 0 Å². The first-order valence-corrected chi connectivity index (χ1v) is 4.82. The molecule has 0 unspecified atom stereocenters. The molecule has 1 aliphatic heterocycles. The molecule has 1 fully saturated rings. The van der Waals surface area contributed by atoms with Gasteiger partial charge in [0.2, 0.25) is 5.91 Å². The van der Waals surface area contributed by atoms with Crippen LogP contribution in [-0.2, 0) is 11.3 Å². The summed E-state index contributed by atoms with van der Waals surface area (Å²) in [5.41, 5.74) is 0.822. The Hall–Kier alpha value is -1.51. The van der Waals surface area contributed by atoms with E-state index in [0.29, 0.717) is 13.0 Å². The minimum Gasteiger partial charge on any atom is -0.508 e. The Morgan fingerprint density at radius 2 is 2.14 bits per heavy atom. The van der Waals surface area contributed by atoms with Gasteiger partial charge in [-0.1, -0.05) is 18.2 Å². The van der Waals surface area contributed by atoms with Crippen molar-refractivity contribution in [3.63, 3.8) is 0 Å². The lowest BCUT2D eigenvalue weighted by Gasteiger charge is -2.15. The largest absolute Gasteiger partial charge is 0.508 e. The maximum atomic E-state index is 11.3. The summed E-state index contributed by atoms with van der Waals surface area (Å²) in [6.45, 7) is 1.35. The second-order valence-electron chi connectivity index (χ2n) is 3.55. The summed E-state index contributed by atoms with van der Waals surface area (Å²) in [4.78, 5) is 13.1. The molecule has 0 atom stereocenters. The summed E-state index contributed by atoms with van der Waals surface area (Å²) in [5.74, 6) is 0.459.